The maximum Gasteiger partial charge on any atom is 0.292 e. The number of nitro groups is 1. The number of anilines is 1. The maximum absolute atomic E-state index is 12.0. The van der Waals surface area contributed by atoms with Gasteiger partial charge in [0.2, 0.25) is 0 Å². The van der Waals surface area contributed by atoms with Gasteiger partial charge >= 0.3 is 0 Å². The van der Waals surface area contributed by atoms with Crippen LogP contribution in [0, 0.1) is 16.0 Å². The predicted octanol–water partition coefficient (Wildman–Crippen LogP) is 0.906. The molecule has 7 nitrogen and oxygen atoms in total. The van der Waals surface area contributed by atoms with Crippen LogP contribution in [0.4, 0.5) is 11.4 Å². The summed E-state index contributed by atoms with van der Waals surface area (Å²) >= 11 is 0. The van der Waals surface area contributed by atoms with E-state index in [-0.39, 0.29) is 22.8 Å². The fourth-order valence-electron chi connectivity index (χ4n) is 2.34. The Bertz CT molecular complexity index is 512. The topological polar surface area (TPSA) is 110 Å². The fraction of sp³-hybridized carbons (Fsp3) is 0.462. The molecule has 1 aromatic carbocycles. The third kappa shape index (κ3) is 3.24. The van der Waals surface area contributed by atoms with Crippen LogP contribution < -0.4 is 16.4 Å². The Labute approximate surface area is 116 Å². The molecule has 0 saturated carbocycles. The van der Waals surface area contributed by atoms with Gasteiger partial charge in [0.15, 0.2) is 0 Å². The van der Waals surface area contributed by atoms with Crippen LogP contribution in [-0.2, 0) is 0 Å². The van der Waals surface area contributed by atoms with Gasteiger partial charge in [0, 0.05) is 12.6 Å². The summed E-state index contributed by atoms with van der Waals surface area (Å²) in [6.45, 7) is 2.45. The molecule has 20 heavy (non-hydrogen) atoms. The molecule has 2 rings (SSSR count). The number of nitrogens with zero attached hydrogens (tertiary/aromatic N) is 1. The minimum atomic E-state index is -0.586. The summed E-state index contributed by atoms with van der Waals surface area (Å²) < 4.78 is 0. The lowest BCUT2D eigenvalue weighted by molar-refractivity contribution is -0.383. The third-order valence-corrected chi connectivity index (χ3v) is 3.47. The number of para-hydroxylation sites is 1. The normalized spacial score (nSPS) is 18.5. The van der Waals surface area contributed by atoms with Crippen LogP contribution in [-0.4, -0.2) is 30.5 Å². The van der Waals surface area contributed by atoms with Crippen molar-refractivity contribution in [3.05, 3.63) is 33.9 Å². The monoisotopic (exact) mass is 278 g/mol. The van der Waals surface area contributed by atoms with Gasteiger partial charge in [-0.1, -0.05) is 6.07 Å². The van der Waals surface area contributed by atoms with Crippen LogP contribution in [0.2, 0.25) is 0 Å². The standard InChI is InChI=1S/C13H18N4O3/c14-12-10(4-1-5-11(12)17(19)20)13(18)16-8-9-3-2-6-15-7-9/h1,4-5,9,15H,2-3,6-8,14H2,(H,16,18). The summed E-state index contributed by atoms with van der Waals surface area (Å²) in [5, 5.41) is 16.8. The zero-order valence-electron chi connectivity index (χ0n) is 11.1. The van der Waals surface area contributed by atoms with Gasteiger partial charge in [-0.2, -0.15) is 0 Å². The number of nitrogen functional groups attached to an aromatic ring is 1. The lowest BCUT2D eigenvalue weighted by Crippen LogP contribution is -2.38. The zero-order valence-corrected chi connectivity index (χ0v) is 11.1. The highest BCUT2D eigenvalue weighted by atomic mass is 16.6. The lowest BCUT2D eigenvalue weighted by Gasteiger charge is -2.22. The van der Waals surface area contributed by atoms with Crippen molar-refractivity contribution in [2.45, 2.75) is 12.8 Å². The summed E-state index contributed by atoms with van der Waals surface area (Å²) in [6, 6.07) is 4.25. The first-order valence-electron chi connectivity index (χ1n) is 6.61. The molecular formula is C13H18N4O3. The number of benzene rings is 1. The first-order valence-corrected chi connectivity index (χ1v) is 6.61. The summed E-state index contributed by atoms with van der Waals surface area (Å²) in [5.41, 5.74) is 5.51. The van der Waals surface area contributed by atoms with E-state index in [1.165, 1.54) is 18.2 Å². The number of rotatable bonds is 4. The van der Waals surface area contributed by atoms with Gasteiger partial charge < -0.3 is 16.4 Å². The SMILES string of the molecule is Nc1c(C(=O)NCC2CCCNC2)cccc1[N+](=O)[O-]. The molecule has 0 radical (unpaired) electrons. The maximum atomic E-state index is 12.0. The largest absolute Gasteiger partial charge is 0.393 e. The number of piperidine rings is 1. The molecule has 108 valence electrons. The van der Waals surface area contributed by atoms with Gasteiger partial charge in [0.25, 0.3) is 11.6 Å². The Balaban J connectivity index is 2.01. The van der Waals surface area contributed by atoms with Crippen LogP contribution in [0.5, 0.6) is 0 Å². The second kappa shape index (κ2) is 6.33. The van der Waals surface area contributed by atoms with Gasteiger partial charge in [-0.05, 0) is 37.9 Å². The van der Waals surface area contributed by atoms with E-state index in [4.69, 9.17) is 5.73 Å². The zero-order chi connectivity index (χ0) is 14.5. The summed E-state index contributed by atoms with van der Waals surface area (Å²) in [5.74, 6) is 0.0318. The van der Waals surface area contributed by atoms with E-state index in [2.05, 4.69) is 10.6 Å². The first kappa shape index (κ1) is 14.3. The van der Waals surface area contributed by atoms with Crippen molar-refractivity contribution in [3.63, 3.8) is 0 Å². The van der Waals surface area contributed by atoms with E-state index in [1.54, 1.807) is 0 Å². The van der Waals surface area contributed by atoms with E-state index in [0.717, 1.165) is 25.9 Å². The molecule has 0 aromatic heterocycles. The summed E-state index contributed by atoms with van der Waals surface area (Å²) in [7, 11) is 0. The second-order valence-electron chi connectivity index (χ2n) is 4.92. The van der Waals surface area contributed by atoms with Gasteiger partial charge in [-0.25, -0.2) is 0 Å². The minimum Gasteiger partial charge on any atom is -0.393 e. The molecule has 1 atom stereocenters. The molecule has 1 saturated heterocycles. The number of carbonyl (C=O) groups is 1. The number of amides is 1. The molecule has 1 unspecified atom stereocenters. The van der Waals surface area contributed by atoms with Gasteiger partial charge in [-0.3, -0.25) is 14.9 Å². The molecular weight excluding hydrogens is 260 g/mol. The highest BCUT2D eigenvalue weighted by molar-refractivity contribution is 6.00. The van der Waals surface area contributed by atoms with E-state index >= 15 is 0 Å². The van der Waals surface area contributed by atoms with Crippen molar-refractivity contribution in [3.8, 4) is 0 Å². The number of nitro benzene ring substituents is 1. The van der Waals surface area contributed by atoms with Crippen LogP contribution in [0.1, 0.15) is 23.2 Å². The van der Waals surface area contributed by atoms with Crippen LogP contribution in [0.3, 0.4) is 0 Å². The predicted molar refractivity (Wildman–Crippen MR) is 75.4 cm³/mol. The number of carbonyl (C=O) groups excluding carboxylic acids is 1. The molecule has 0 bridgehead atoms. The number of hydrogen-bond acceptors (Lipinski definition) is 5. The van der Waals surface area contributed by atoms with Crippen molar-refractivity contribution in [2.75, 3.05) is 25.4 Å². The van der Waals surface area contributed by atoms with Crippen LogP contribution >= 0.6 is 0 Å². The number of nitrogens with two attached hydrogens (primary N) is 1. The Morgan fingerprint density at radius 2 is 2.35 bits per heavy atom. The average Bonchev–Trinajstić information content (AvgIpc) is 2.46. The van der Waals surface area contributed by atoms with Crippen LogP contribution in [0.25, 0.3) is 0 Å². The number of hydrogen-bond donors (Lipinski definition) is 3. The molecule has 7 heteroatoms. The third-order valence-electron chi connectivity index (χ3n) is 3.47. The second-order valence-corrected chi connectivity index (χ2v) is 4.92. The highest BCUT2D eigenvalue weighted by Gasteiger charge is 2.20. The molecule has 1 heterocycles. The fourth-order valence-corrected chi connectivity index (χ4v) is 2.34. The molecule has 1 aliphatic rings. The van der Waals surface area contributed by atoms with E-state index in [1.807, 2.05) is 0 Å². The quantitative estimate of drug-likeness (QED) is 0.430. The lowest BCUT2D eigenvalue weighted by atomic mass is 9.99. The van der Waals surface area contributed by atoms with Gasteiger partial charge in [0.1, 0.15) is 5.69 Å². The molecule has 4 N–H and O–H groups in total. The van der Waals surface area contributed by atoms with Crippen molar-refractivity contribution < 1.29 is 9.72 Å². The van der Waals surface area contributed by atoms with Crippen molar-refractivity contribution >= 4 is 17.3 Å². The van der Waals surface area contributed by atoms with E-state index in [0.29, 0.717) is 12.5 Å². The summed E-state index contributed by atoms with van der Waals surface area (Å²) in [6.07, 6.45) is 2.16. The Hall–Kier alpha value is -2.15. The highest BCUT2D eigenvalue weighted by Crippen LogP contribution is 2.24. The molecule has 1 aliphatic heterocycles. The molecule has 0 spiro atoms. The minimum absolute atomic E-state index is 0.0863. The number of nitrogens with one attached hydrogen (secondary N) is 2. The Morgan fingerprint density at radius 3 is 3.00 bits per heavy atom. The average molecular weight is 278 g/mol. The molecule has 1 amide bonds. The van der Waals surface area contributed by atoms with Gasteiger partial charge in [0.05, 0.1) is 10.5 Å². The van der Waals surface area contributed by atoms with Crippen molar-refractivity contribution in [2.24, 2.45) is 5.92 Å². The molecule has 1 aromatic rings. The molecule has 0 aliphatic carbocycles. The van der Waals surface area contributed by atoms with Gasteiger partial charge in [-0.15, -0.1) is 0 Å². The van der Waals surface area contributed by atoms with E-state index in [9.17, 15) is 14.9 Å². The van der Waals surface area contributed by atoms with Crippen LogP contribution in [0.15, 0.2) is 18.2 Å². The molecule has 1 fully saturated rings. The van der Waals surface area contributed by atoms with Crippen molar-refractivity contribution in [1.82, 2.24) is 10.6 Å². The first-order chi connectivity index (χ1) is 9.59. The smallest absolute Gasteiger partial charge is 0.292 e. The summed E-state index contributed by atoms with van der Waals surface area (Å²) in [4.78, 5) is 22.3. The van der Waals surface area contributed by atoms with E-state index < -0.39 is 4.92 Å². The Morgan fingerprint density at radius 1 is 1.55 bits per heavy atom. The van der Waals surface area contributed by atoms with Crippen molar-refractivity contribution in [1.29, 1.82) is 0 Å². The Kier molecular flexibility index (Phi) is 4.52.